The summed E-state index contributed by atoms with van der Waals surface area (Å²) >= 11 is 0. The Morgan fingerprint density at radius 3 is 2.04 bits per heavy atom. The molecule has 0 N–H and O–H groups in total. The normalized spacial score (nSPS) is 13.0. The van der Waals surface area contributed by atoms with Gasteiger partial charge in [-0.05, 0) is 70.4 Å². The predicted molar refractivity (Wildman–Crippen MR) is 110 cm³/mol. The first-order valence-electron chi connectivity index (χ1n) is 8.74. The van der Waals surface area contributed by atoms with Crippen LogP contribution in [-0.4, -0.2) is 37.9 Å². The molecule has 0 aliphatic rings. The molecule has 0 heterocycles. The zero-order valence-electron chi connectivity index (χ0n) is 16.6. The summed E-state index contributed by atoms with van der Waals surface area (Å²) in [5, 5.41) is 0. The second-order valence-electron chi connectivity index (χ2n) is 8.32. The zero-order valence-corrected chi connectivity index (χ0v) is 19.6. The molecule has 1 amide bonds. The lowest BCUT2D eigenvalue weighted by atomic mass is 10.3. The summed E-state index contributed by atoms with van der Waals surface area (Å²) in [5.74, 6) is 0. The van der Waals surface area contributed by atoms with Crippen LogP contribution in [0.15, 0.2) is 30.3 Å². The fourth-order valence-electron chi connectivity index (χ4n) is 3.06. The molecule has 0 aliphatic heterocycles. The molecular weight excluding hydrogens is 369 g/mol. The summed E-state index contributed by atoms with van der Waals surface area (Å²) in [5.41, 5.74) is 0.590. The number of carbonyl (C=O) groups is 1. The van der Waals surface area contributed by atoms with Gasteiger partial charge in [0.1, 0.15) is 0 Å². The molecule has 142 valence electrons. The molecule has 0 bridgehead atoms. The molecule has 0 spiro atoms. The number of hydrogen-bond acceptors (Lipinski definition) is 3. The number of benzene rings is 1. The van der Waals surface area contributed by atoms with Gasteiger partial charge in [0, 0.05) is 12.2 Å². The monoisotopic (exact) mass is 401 g/mol. The third kappa shape index (κ3) is 8.91. The Morgan fingerprint density at radius 2 is 1.56 bits per heavy atom. The van der Waals surface area contributed by atoms with E-state index in [2.05, 4.69) is 45.8 Å². The summed E-state index contributed by atoms with van der Waals surface area (Å²) in [4.78, 5) is 12.5. The highest BCUT2D eigenvalue weighted by Gasteiger charge is 2.37. The van der Waals surface area contributed by atoms with Crippen LogP contribution < -0.4 is 4.90 Å². The van der Waals surface area contributed by atoms with Crippen molar-refractivity contribution in [2.24, 2.45) is 0 Å². The third-order valence-corrected chi connectivity index (χ3v) is 13.7. The average Bonchev–Trinajstić information content (AvgIpc) is 2.40. The molecule has 1 rings (SSSR count). The number of halogens is 1. The van der Waals surface area contributed by atoms with E-state index >= 15 is 0 Å². The maximum atomic E-state index is 13.4. The molecule has 1 aromatic carbocycles. The Kier molecular flexibility index (Phi) is 7.75. The van der Waals surface area contributed by atoms with Gasteiger partial charge < -0.3 is 8.23 Å². The molecule has 0 saturated carbocycles. The molecule has 0 radical (unpaired) electrons. The van der Waals surface area contributed by atoms with Gasteiger partial charge in [-0.15, -0.1) is 4.39 Å². The Morgan fingerprint density at radius 1 is 1.00 bits per heavy atom. The number of hydrogen-bond donors (Lipinski definition) is 0. The van der Waals surface area contributed by atoms with Gasteiger partial charge in [0.2, 0.25) is 0 Å². The minimum absolute atomic E-state index is 0.357. The highest BCUT2D eigenvalue weighted by Crippen LogP contribution is 2.24. The summed E-state index contributed by atoms with van der Waals surface area (Å²) in [7, 11) is -5.75. The molecule has 0 atom stereocenters. The van der Waals surface area contributed by atoms with Crippen LogP contribution in [0.2, 0.25) is 51.9 Å². The standard InChI is InChI=1S/C17H32FNO3Si3/c1-23(2,3)21-25(6,7)22-24(4,5)15-11-14-19(17(18)20)16-12-9-8-10-13-16/h8-10,12-13H,11,14-15H2,1-7H3. The van der Waals surface area contributed by atoms with Crippen molar-refractivity contribution >= 4 is 37.0 Å². The van der Waals surface area contributed by atoms with Gasteiger partial charge in [0.25, 0.3) is 0 Å². The van der Waals surface area contributed by atoms with Crippen LogP contribution in [0.1, 0.15) is 6.42 Å². The van der Waals surface area contributed by atoms with Crippen LogP contribution in [-0.2, 0) is 8.23 Å². The second kappa shape index (κ2) is 8.72. The highest BCUT2D eigenvalue weighted by atomic mass is 28.5. The molecule has 0 aliphatic carbocycles. The topological polar surface area (TPSA) is 38.8 Å². The van der Waals surface area contributed by atoms with Crippen molar-refractivity contribution in [1.82, 2.24) is 0 Å². The Hall–Kier alpha value is -0.809. The molecule has 4 nitrogen and oxygen atoms in total. The number of nitrogens with zero attached hydrogens (tertiary/aromatic N) is 1. The first kappa shape index (κ1) is 22.2. The van der Waals surface area contributed by atoms with E-state index < -0.39 is 31.4 Å². The largest absolute Gasteiger partial charge is 0.437 e. The van der Waals surface area contributed by atoms with E-state index in [0.29, 0.717) is 18.7 Å². The number of amides is 1. The van der Waals surface area contributed by atoms with Gasteiger partial charge in [-0.1, -0.05) is 18.2 Å². The van der Waals surface area contributed by atoms with E-state index in [1.54, 1.807) is 24.3 Å². The van der Waals surface area contributed by atoms with Crippen molar-refractivity contribution in [2.45, 2.75) is 58.3 Å². The lowest BCUT2D eigenvalue weighted by molar-refractivity contribution is 0.228. The number of rotatable bonds is 9. The highest BCUT2D eigenvalue weighted by molar-refractivity contribution is 6.87. The van der Waals surface area contributed by atoms with Crippen LogP contribution in [0.5, 0.6) is 0 Å². The molecular formula is C17H32FNO3Si3. The minimum atomic E-state index is -2.17. The summed E-state index contributed by atoms with van der Waals surface area (Å²) in [6.45, 7) is 15.4. The first-order valence-corrected chi connectivity index (χ1v) is 18.1. The third-order valence-electron chi connectivity index (χ3n) is 3.51. The number of anilines is 1. The van der Waals surface area contributed by atoms with Gasteiger partial charge in [0.05, 0.1) is 0 Å². The average molecular weight is 402 g/mol. The quantitative estimate of drug-likeness (QED) is 0.300. The molecule has 8 heteroatoms. The van der Waals surface area contributed by atoms with Crippen molar-refractivity contribution in [3.05, 3.63) is 30.3 Å². The van der Waals surface area contributed by atoms with E-state index in [0.717, 1.165) is 6.04 Å². The van der Waals surface area contributed by atoms with Gasteiger partial charge in [-0.3, -0.25) is 4.90 Å². The van der Waals surface area contributed by atoms with E-state index in [4.69, 9.17) is 8.23 Å². The Bertz CT molecular complexity index is 562. The van der Waals surface area contributed by atoms with Crippen molar-refractivity contribution in [2.75, 3.05) is 11.4 Å². The van der Waals surface area contributed by atoms with Gasteiger partial charge in [-0.25, -0.2) is 4.79 Å². The Labute approximate surface area is 154 Å². The summed E-state index contributed by atoms with van der Waals surface area (Å²) in [6, 6.07) is 9.79. The maximum absolute atomic E-state index is 13.4. The summed E-state index contributed by atoms with van der Waals surface area (Å²) < 4.78 is 26.1. The summed E-state index contributed by atoms with van der Waals surface area (Å²) in [6.07, 6.45) is -0.704. The maximum Gasteiger partial charge on any atom is 0.404 e. The minimum Gasteiger partial charge on any atom is -0.437 e. The fourth-order valence-corrected chi connectivity index (χ4v) is 16.2. The molecule has 1 aromatic rings. The van der Waals surface area contributed by atoms with Crippen molar-refractivity contribution in [3.8, 4) is 0 Å². The molecule has 0 fully saturated rings. The van der Waals surface area contributed by atoms with Crippen LogP contribution in [0.3, 0.4) is 0 Å². The molecule has 25 heavy (non-hydrogen) atoms. The van der Waals surface area contributed by atoms with Crippen molar-refractivity contribution in [3.63, 3.8) is 0 Å². The van der Waals surface area contributed by atoms with Gasteiger partial charge in [-0.2, -0.15) is 0 Å². The fraction of sp³-hybridized carbons (Fsp3) is 0.588. The first-order chi connectivity index (χ1) is 11.3. The van der Waals surface area contributed by atoms with Crippen LogP contribution in [0, 0.1) is 0 Å². The molecule has 0 unspecified atom stereocenters. The molecule has 0 aromatic heterocycles. The zero-order chi connectivity index (χ0) is 19.3. The van der Waals surface area contributed by atoms with Crippen molar-refractivity contribution < 1.29 is 17.4 Å². The predicted octanol–water partition coefficient (Wildman–Crippen LogP) is 5.75. The smallest absolute Gasteiger partial charge is 0.404 e. The van der Waals surface area contributed by atoms with Gasteiger partial charge >= 0.3 is 14.7 Å². The number of para-hydroxylation sites is 1. The van der Waals surface area contributed by atoms with E-state index in [1.165, 1.54) is 4.90 Å². The molecule has 0 saturated heterocycles. The van der Waals surface area contributed by atoms with E-state index in [9.17, 15) is 9.18 Å². The van der Waals surface area contributed by atoms with E-state index in [1.807, 2.05) is 6.07 Å². The number of carbonyl (C=O) groups excluding carboxylic acids is 1. The van der Waals surface area contributed by atoms with E-state index in [-0.39, 0.29) is 0 Å². The van der Waals surface area contributed by atoms with Gasteiger partial charge in [0.15, 0.2) is 16.6 Å². The Balaban J connectivity index is 2.61. The van der Waals surface area contributed by atoms with Crippen LogP contribution in [0.4, 0.5) is 14.9 Å². The lowest BCUT2D eigenvalue weighted by Crippen LogP contribution is -2.51. The SMILES string of the molecule is C[Si](C)(C)O[Si](C)(C)O[Si](C)(C)CCCN(C(=O)F)c1ccccc1. The van der Waals surface area contributed by atoms with Crippen LogP contribution >= 0.6 is 0 Å². The van der Waals surface area contributed by atoms with Crippen molar-refractivity contribution in [1.29, 1.82) is 0 Å². The van der Waals surface area contributed by atoms with Crippen LogP contribution in [0.25, 0.3) is 0 Å². The second-order valence-corrected chi connectivity index (χ2v) is 21.0. The lowest BCUT2D eigenvalue weighted by Gasteiger charge is -2.37.